The lowest BCUT2D eigenvalue weighted by molar-refractivity contribution is 0.262. The summed E-state index contributed by atoms with van der Waals surface area (Å²) in [4.78, 5) is 22.3. The van der Waals surface area contributed by atoms with Crippen LogP contribution in [0.3, 0.4) is 0 Å². The Bertz CT molecular complexity index is 1080. The number of aryl methyl sites for hydroxylation is 2. The topological polar surface area (TPSA) is 69.8 Å². The zero-order valence-electron chi connectivity index (χ0n) is 14.5. The van der Waals surface area contributed by atoms with Crippen molar-refractivity contribution in [2.45, 2.75) is 13.8 Å². The highest BCUT2D eigenvalue weighted by Crippen LogP contribution is 2.31. The van der Waals surface area contributed by atoms with Crippen molar-refractivity contribution < 1.29 is 4.79 Å². The number of thiophene rings is 1. The fourth-order valence-corrected chi connectivity index (χ4v) is 3.60. The second kappa shape index (κ2) is 6.65. The number of hydrogen-bond acceptors (Lipinski definition) is 3. The second-order valence-electron chi connectivity index (χ2n) is 6.18. The van der Waals surface area contributed by atoms with Gasteiger partial charge in [0.1, 0.15) is 5.65 Å². The van der Waals surface area contributed by atoms with E-state index in [0.29, 0.717) is 5.69 Å². The van der Waals surface area contributed by atoms with Crippen LogP contribution in [0, 0.1) is 13.8 Å². The number of urea groups is 1. The van der Waals surface area contributed by atoms with Crippen molar-refractivity contribution in [3.63, 3.8) is 0 Å². The van der Waals surface area contributed by atoms with E-state index in [1.54, 1.807) is 17.5 Å². The predicted octanol–water partition coefficient (Wildman–Crippen LogP) is 5.55. The van der Waals surface area contributed by atoms with Gasteiger partial charge in [0.15, 0.2) is 0 Å². The van der Waals surface area contributed by atoms with Gasteiger partial charge >= 0.3 is 6.03 Å². The molecule has 2 amide bonds. The first-order chi connectivity index (χ1) is 12.6. The normalized spacial score (nSPS) is 10.8. The summed E-state index contributed by atoms with van der Waals surface area (Å²) >= 11 is 1.72. The smallest absolute Gasteiger partial charge is 0.323 e. The number of H-pyrrole nitrogens is 1. The molecule has 0 radical (unpaired) electrons. The molecule has 26 heavy (non-hydrogen) atoms. The number of amides is 2. The second-order valence-corrected chi connectivity index (χ2v) is 7.47. The minimum Gasteiger partial charge on any atom is -0.344 e. The SMILES string of the molecule is Cc1ccc(NC(=O)Nc2c[nH]c3ncc(-c4ccc(C)s4)cc23)cc1. The van der Waals surface area contributed by atoms with E-state index < -0.39 is 0 Å². The monoisotopic (exact) mass is 362 g/mol. The Hall–Kier alpha value is -3.12. The molecule has 0 atom stereocenters. The van der Waals surface area contributed by atoms with E-state index in [-0.39, 0.29) is 6.03 Å². The molecule has 0 aliphatic carbocycles. The summed E-state index contributed by atoms with van der Waals surface area (Å²) < 4.78 is 0. The van der Waals surface area contributed by atoms with Crippen LogP contribution in [-0.2, 0) is 0 Å². The van der Waals surface area contributed by atoms with Crippen molar-refractivity contribution in [1.29, 1.82) is 0 Å². The lowest BCUT2D eigenvalue weighted by Gasteiger charge is -2.07. The van der Waals surface area contributed by atoms with Crippen molar-refractivity contribution in [2.24, 2.45) is 0 Å². The molecular weight excluding hydrogens is 344 g/mol. The molecule has 3 N–H and O–H groups in total. The number of aromatic amines is 1. The third-order valence-electron chi connectivity index (χ3n) is 4.11. The number of nitrogens with one attached hydrogen (secondary N) is 3. The largest absolute Gasteiger partial charge is 0.344 e. The van der Waals surface area contributed by atoms with E-state index >= 15 is 0 Å². The molecule has 5 nitrogen and oxygen atoms in total. The molecule has 0 fully saturated rings. The Morgan fingerprint density at radius 3 is 2.62 bits per heavy atom. The average molecular weight is 362 g/mol. The van der Waals surface area contributed by atoms with Gasteiger partial charge in [-0.25, -0.2) is 9.78 Å². The standard InChI is InChI=1S/C20H18N4OS/c1-12-3-6-15(7-4-12)23-20(25)24-17-11-22-19-16(17)9-14(10-21-19)18-8-5-13(2)26-18/h3-11H,1-2H3,(H,21,22)(H2,23,24,25). The zero-order chi connectivity index (χ0) is 18.1. The number of anilines is 2. The van der Waals surface area contributed by atoms with Crippen LogP contribution in [0.5, 0.6) is 0 Å². The zero-order valence-corrected chi connectivity index (χ0v) is 15.3. The number of fused-ring (bicyclic) bond motifs is 1. The molecule has 1 aromatic carbocycles. The Kier molecular flexibility index (Phi) is 4.18. The fourth-order valence-electron chi connectivity index (χ4n) is 2.75. The molecule has 0 bridgehead atoms. The van der Waals surface area contributed by atoms with E-state index in [4.69, 9.17) is 0 Å². The molecule has 0 aliphatic rings. The van der Waals surface area contributed by atoms with Gasteiger partial charge < -0.3 is 15.6 Å². The van der Waals surface area contributed by atoms with Crippen LogP contribution in [0.25, 0.3) is 21.5 Å². The molecule has 0 unspecified atom stereocenters. The maximum Gasteiger partial charge on any atom is 0.323 e. The number of hydrogen-bond donors (Lipinski definition) is 3. The highest BCUT2D eigenvalue weighted by molar-refractivity contribution is 7.15. The highest BCUT2D eigenvalue weighted by Gasteiger charge is 2.11. The van der Waals surface area contributed by atoms with Crippen LogP contribution in [-0.4, -0.2) is 16.0 Å². The van der Waals surface area contributed by atoms with Crippen LogP contribution in [0.4, 0.5) is 16.2 Å². The summed E-state index contributed by atoms with van der Waals surface area (Å²) in [5.41, 5.74) is 4.38. The van der Waals surface area contributed by atoms with Crippen molar-refractivity contribution >= 4 is 39.8 Å². The molecule has 0 saturated carbocycles. The summed E-state index contributed by atoms with van der Waals surface area (Å²) in [5, 5.41) is 6.62. The van der Waals surface area contributed by atoms with Gasteiger partial charge in [-0.1, -0.05) is 17.7 Å². The van der Waals surface area contributed by atoms with Gasteiger partial charge in [0.25, 0.3) is 0 Å². The lowest BCUT2D eigenvalue weighted by Crippen LogP contribution is -2.19. The van der Waals surface area contributed by atoms with Gasteiger partial charge in [-0.05, 0) is 44.2 Å². The first-order valence-corrected chi connectivity index (χ1v) is 9.09. The van der Waals surface area contributed by atoms with Gasteiger partial charge in [0.05, 0.1) is 5.69 Å². The molecule has 0 saturated heterocycles. The number of carbonyl (C=O) groups is 1. The van der Waals surface area contributed by atoms with Crippen molar-refractivity contribution in [3.8, 4) is 10.4 Å². The van der Waals surface area contributed by atoms with Gasteiger partial charge in [0, 0.05) is 38.8 Å². The van der Waals surface area contributed by atoms with E-state index in [2.05, 4.69) is 39.7 Å². The third-order valence-corrected chi connectivity index (χ3v) is 5.16. The van der Waals surface area contributed by atoms with Crippen molar-refractivity contribution in [3.05, 3.63) is 65.3 Å². The third kappa shape index (κ3) is 3.32. The minimum absolute atomic E-state index is 0.285. The van der Waals surface area contributed by atoms with Crippen LogP contribution in [0.1, 0.15) is 10.4 Å². The van der Waals surface area contributed by atoms with Crippen LogP contribution >= 0.6 is 11.3 Å². The molecule has 4 rings (SSSR count). The minimum atomic E-state index is -0.285. The van der Waals surface area contributed by atoms with E-state index in [1.807, 2.05) is 43.5 Å². The van der Waals surface area contributed by atoms with E-state index in [0.717, 1.165) is 32.7 Å². The number of nitrogens with zero attached hydrogens (tertiary/aromatic N) is 1. The Labute approximate surface area is 155 Å². The summed E-state index contributed by atoms with van der Waals surface area (Å²) in [6.45, 7) is 4.09. The number of benzene rings is 1. The first-order valence-electron chi connectivity index (χ1n) is 8.27. The lowest BCUT2D eigenvalue weighted by atomic mass is 10.2. The highest BCUT2D eigenvalue weighted by atomic mass is 32.1. The van der Waals surface area contributed by atoms with Crippen molar-refractivity contribution in [1.82, 2.24) is 9.97 Å². The maximum absolute atomic E-state index is 12.3. The van der Waals surface area contributed by atoms with Gasteiger partial charge in [-0.3, -0.25) is 0 Å². The number of pyridine rings is 1. The average Bonchev–Trinajstić information content (AvgIpc) is 3.23. The molecule has 3 aromatic heterocycles. The number of carbonyl (C=O) groups excluding carboxylic acids is 1. The van der Waals surface area contributed by atoms with E-state index in [9.17, 15) is 4.79 Å². The molecule has 0 aliphatic heterocycles. The summed E-state index contributed by atoms with van der Waals surface area (Å²) in [7, 11) is 0. The molecule has 3 heterocycles. The molecule has 0 spiro atoms. The molecule has 4 aromatic rings. The summed E-state index contributed by atoms with van der Waals surface area (Å²) in [6, 6.07) is 13.6. The van der Waals surface area contributed by atoms with Gasteiger partial charge in [-0.15, -0.1) is 11.3 Å². The quantitative estimate of drug-likeness (QED) is 0.447. The van der Waals surface area contributed by atoms with Crippen LogP contribution in [0.2, 0.25) is 0 Å². The molecule has 130 valence electrons. The first kappa shape index (κ1) is 16.4. The Balaban J connectivity index is 1.58. The summed E-state index contributed by atoms with van der Waals surface area (Å²) in [6.07, 6.45) is 3.61. The van der Waals surface area contributed by atoms with E-state index in [1.165, 1.54) is 4.88 Å². The van der Waals surface area contributed by atoms with Gasteiger partial charge in [0.2, 0.25) is 0 Å². The van der Waals surface area contributed by atoms with Crippen LogP contribution < -0.4 is 10.6 Å². The number of aromatic nitrogens is 2. The molecule has 6 heteroatoms. The Morgan fingerprint density at radius 2 is 1.88 bits per heavy atom. The molecular formula is C20H18N4OS. The summed E-state index contributed by atoms with van der Waals surface area (Å²) in [5.74, 6) is 0. The van der Waals surface area contributed by atoms with Gasteiger partial charge in [-0.2, -0.15) is 0 Å². The number of rotatable bonds is 3. The van der Waals surface area contributed by atoms with Crippen LogP contribution in [0.15, 0.2) is 54.9 Å². The fraction of sp³-hybridized carbons (Fsp3) is 0.100. The Morgan fingerprint density at radius 1 is 1.08 bits per heavy atom. The van der Waals surface area contributed by atoms with Crippen molar-refractivity contribution in [2.75, 3.05) is 10.6 Å². The predicted molar refractivity (Wildman–Crippen MR) is 108 cm³/mol. The maximum atomic E-state index is 12.3.